The molecule has 1 N–H and O–H groups in total. The number of hydrogen-bond donors (Lipinski definition) is 1. The number of halogens is 3. The topological polar surface area (TPSA) is 59.5 Å². The van der Waals surface area contributed by atoms with Gasteiger partial charge in [0.05, 0.1) is 25.9 Å². The molecule has 0 atom stereocenters. The van der Waals surface area contributed by atoms with E-state index >= 15 is 0 Å². The smallest absolute Gasteiger partial charge is 0.416 e. The number of ether oxygens (including phenoxy) is 2. The standard InChI is InChI=1S/C17H19F3N4O2/c1-11-7-15(24-3-5-26-6-4-24)23-16(21-11)22-13-8-12(17(18,19)20)9-14(10-13)25-2/h7-10H,3-6H2,1-2H3,(H,21,22,23). The van der Waals surface area contributed by atoms with E-state index in [9.17, 15) is 13.2 Å². The molecule has 140 valence electrons. The minimum atomic E-state index is -4.47. The molecule has 26 heavy (non-hydrogen) atoms. The number of anilines is 3. The summed E-state index contributed by atoms with van der Waals surface area (Å²) in [5, 5.41) is 2.85. The van der Waals surface area contributed by atoms with Crippen molar-refractivity contribution in [2.24, 2.45) is 0 Å². The van der Waals surface area contributed by atoms with Crippen LogP contribution in [-0.2, 0) is 10.9 Å². The Labute approximate surface area is 149 Å². The van der Waals surface area contributed by atoms with E-state index in [1.54, 1.807) is 0 Å². The predicted molar refractivity (Wildman–Crippen MR) is 91.1 cm³/mol. The zero-order valence-electron chi connectivity index (χ0n) is 14.4. The van der Waals surface area contributed by atoms with Crippen LogP contribution >= 0.6 is 0 Å². The molecule has 2 aromatic rings. The molecule has 9 heteroatoms. The first-order valence-electron chi connectivity index (χ1n) is 8.07. The van der Waals surface area contributed by atoms with Crippen LogP contribution < -0.4 is 15.0 Å². The van der Waals surface area contributed by atoms with Crippen LogP contribution in [-0.4, -0.2) is 43.4 Å². The fraction of sp³-hybridized carbons (Fsp3) is 0.412. The van der Waals surface area contributed by atoms with E-state index in [1.165, 1.54) is 13.2 Å². The van der Waals surface area contributed by atoms with Crippen molar-refractivity contribution in [2.75, 3.05) is 43.6 Å². The number of nitrogens with zero attached hydrogens (tertiary/aromatic N) is 3. The first kappa shape index (κ1) is 18.2. The van der Waals surface area contributed by atoms with Crippen molar-refractivity contribution in [1.29, 1.82) is 0 Å². The van der Waals surface area contributed by atoms with E-state index in [2.05, 4.69) is 20.2 Å². The minimum absolute atomic E-state index is 0.100. The van der Waals surface area contributed by atoms with Gasteiger partial charge in [-0.2, -0.15) is 18.2 Å². The summed E-state index contributed by atoms with van der Waals surface area (Å²) >= 11 is 0. The lowest BCUT2D eigenvalue weighted by atomic mass is 10.2. The average Bonchev–Trinajstić information content (AvgIpc) is 2.61. The molecule has 1 aromatic heterocycles. The van der Waals surface area contributed by atoms with Gasteiger partial charge in [-0.1, -0.05) is 0 Å². The molecule has 0 amide bonds. The largest absolute Gasteiger partial charge is 0.497 e. The Hall–Kier alpha value is -2.55. The van der Waals surface area contributed by atoms with Crippen molar-refractivity contribution >= 4 is 17.5 Å². The molecule has 3 rings (SSSR count). The summed E-state index contributed by atoms with van der Waals surface area (Å²) in [7, 11) is 1.32. The third-order valence-corrected chi connectivity index (χ3v) is 3.90. The van der Waals surface area contributed by atoms with E-state index in [4.69, 9.17) is 9.47 Å². The molecule has 1 aliphatic heterocycles. The monoisotopic (exact) mass is 368 g/mol. The maximum Gasteiger partial charge on any atom is 0.416 e. The molecule has 1 fully saturated rings. The van der Waals surface area contributed by atoms with Crippen molar-refractivity contribution in [1.82, 2.24) is 9.97 Å². The maximum atomic E-state index is 13.1. The second kappa shape index (κ2) is 7.36. The molecule has 0 saturated carbocycles. The molecule has 1 saturated heterocycles. The summed E-state index contributed by atoms with van der Waals surface area (Å²) in [5.74, 6) is 1.04. The quantitative estimate of drug-likeness (QED) is 0.893. The van der Waals surface area contributed by atoms with Gasteiger partial charge in [0.25, 0.3) is 0 Å². The van der Waals surface area contributed by atoms with Gasteiger partial charge in [-0.3, -0.25) is 0 Å². The van der Waals surface area contributed by atoms with Crippen LogP contribution in [0, 0.1) is 6.92 Å². The summed E-state index contributed by atoms with van der Waals surface area (Å²) in [4.78, 5) is 10.7. The fourth-order valence-electron chi connectivity index (χ4n) is 2.64. The third-order valence-electron chi connectivity index (χ3n) is 3.90. The predicted octanol–water partition coefficient (Wildman–Crippen LogP) is 3.39. The first-order valence-corrected chi connectivity index (χ1v) is 8.07. The summed E-state index contributed by atoms with van der Waals surface area (Å²) in [6.45, 7) is 4.43. The summed E-state index contributed by atoms with van der Waals surface area (Å²) in [5.41, 5.74) is 0.110. The molecule has 0 radical (unpaired) electrons. The lowest BCUT2D eigenvalue weighted by molar-refractivity contribution is -0.137. The van der Waals surface area contributed by atoms with Gasteiger partial charge in [-0.05, 0) is 19.1 Å². The number of morpholine rings is 1. The van der Waals surface area contributed by atoms with Gasteiger partial charge >= 0.3 is 6.18 Å². The van der Waals surface area contributed by atoms with Crippen LogP contribution in [0.1, 0.15) is 11.3 Å². The average molecular weight is 368 g/mol. The van der Waals surface area contributed by atoms with Gasteiger partial charge in [-0.25, -0.2) is 4.98 Å². The van der Waals surface area contributed by atoms with Gasteiger partial charge in [0.2, 0.25) is 5.95 Å². The summed E-state index contributed by atoms with van der Waals surface area (Å²) in [6.07, 6.45) is -4.47. The van der Waals surface area contributed by atoms with E-state index in [0.717, 1.165) is 12.1 Å². The first-order chi connectivity index (χ1) is 12.3. The van der Waals surface area contributed by atoms with Crippen molar-refractivity contribution in [2.45, 2.75) is 13.1 Å². The third kappa shape index (κ3) is 4.34. The van der Waals surface area contributed by atoms with Crippen LogP contribution in [0.2, 0.25) is 0 Å². The molecular weight excluding hydrogens is 349 g/mol. The highest BCUT2D eigenvalue weighted by molar-refractivity contribution is 5.59. The van der Waals surface area contributed by atoms with Crippen LogP contribution in [0.4, 0.5) is 30.6 Å². The Morgan fingerprint density at radius 2 is 1.85 bits per heavy atom. The maximum absolute atomic E-state index is 13.1. The molecule has 1 aliphatic rings. The van der Waals surface area contributed by atoms with Crippen molar-refractivity contribution < 1.29 is 22.6 Å². The van der Waals surface area contributed by atoms with Gasteiger partial charge in [0.15, 0.2) is 0 Å². The lowest BCUT2D eigenvalue weighted by Crippen LogP contribution is -2.36. The van der Waals surface area contributed by atoms with Crippen molar-refractivity contribution in [3.8, 4) is 5.75 Å². The van der Waals surface area contributed by atoms with Crippen LogP contribution in [0.5, 0.6) is 5.75 Å². The molecule has 0 aliphatic carbocycles. The van der Waals surface area contributed by atoms with E-state index < -0.39 is 11.7 Å². The van der Waals surface area contributed by atoms with Crippen molar-refractivity contribution in [3.05, 3.63) is 35.5 Å². The highest BCUT2D eigenvalue weighted by Crippen LogP contribution is 2.34. The van der Waals surface area contributed by atoms with Crippen LogP contribution in [0.25, 0.3) is 0 Å². The minimum Gasteiger partial charge on any atom is -0.497 e. The number of hydrogen-bond acceptors (Lipinski definition) is 6. The lowest BCUT2D eigenvalue weighted by Gasteiger charge is -2.28. The second-order valence-electron chi connectivity index (χ2n) is 5.86. The molecular formula is C17H19F3N4O2. The summed E-state index contributed by atoms with van der Waals surface area (Å²) < 4.78 is 49.5. The summed E-state index contributed by atoms with van der Waals surface area (Å²) in [6, 6.07) is 5.25. The number of alkyl halides is 3. The van der Waals surface area contributed by atoms with Gasteiger partial charge < -0.3 is 19.7 Å². The van der Waals surface area contributed by atoms with Gasteiger partial charge in [0, 0.05) is 36.6 Å². The normalized spacial score (nSPS) is 15.0. The zero-order chi connectivity index (χ0) is 18.7. The number of aryl methyl sites for hydroxylation is 1. The van der Waals surface area contributed by atoms with Crippen molar-refractivity contribution in [3.63, 3.8) is 0 Å². The molecule has 1 aromatic carbocycles. The van der Waals surface area contributed by atoms with Gasteiger partial charge in [0.1, 0.15) is 11.6 Å². The Morgan fingerprint density at radius 3 is 2.50 bits per heavy atom. The molecule has 6 nitrogen and oxygen atoms in total. The highest BCUT2D eigenvalue weighted by atomic mass is 19.4. The number of rotatable bonds is 4. The number of benzene rings is 1. The molecule has 0 bridgehead atoms. The second-order valence-corrected chi connectivity index (χ2v) is 5.86. The Bertz CT molecular complexity index is 777. The highest BCUT2D eigenvalue weighted by Gasteiger charge is 2.31. The van der Waals surface area contributed by atoms with Crippen LogP contribution in [0.15, 0.2) is 24.3 Å². The number of aromatic nitrogens is 2. The SMILES string of the molecule is COc1cc(Nc2nc(C)cc(N3CCOCC3)n2)cc(C(F)(F)F)c1. The Morgan fingerprint density at radius 1 is 1.12 bits per heavy atom. The van der Waals surface area contributed by atoms with E-state index in [-0.39, 0.29) is 17.4 Å². The fourth-order valence-corrected chi connectivity index (χ4v) is 2.64. The van der Waals surface area contributed by atoms with E-state index in [0.29, 0.717) is 37.8 Å². The number of nitrogens with one attached hydrogen (secondary N) is 1. The van der Waals surface area contributed by atoms with Crippen LogP contribution in [0.3, 0.4) is 0 Å². The number of methoxy groups -OCH3 is 1. The zero-order valence-corrected chi connectivity index (χ0v) is 14.4. The Balaban J connectivity index is 1.89. The Kier molecular flexibility index (Phi) is 5.17. The molecule has 0 spiro atoms. The van der Waals surface area contributed by atoms with E-state index in [1.807, 2.05) is 13.0 Å². The molecule has 2 heterocycles. The molecule has 0 unspecified atom stereocenters. The van der Waals surface area contributed by atoms with Gasteiger partial charge in [-0.15, -0.1) is 0 Å².